The van der Waals surface area contributed by atoms with Crippen LogP contribution < -0.4 is 20.3 Å². The predicted molar refractivity (Wildman–Crippen MR) is 238 cm³/mol. The summed E-state index contributed by atoms with van der Waals surface area (Å²) in [6.45, 7) is 1.63. The first-order valence-corrected chi connectivity index (χ1v) is 19.7. The van der Waals surface area contributed by atoms with Gasteiger partial charge in [0.15, 0.2) is 5.82 Å². The molecule has 9 aromatic rings. The molecule has 9 rings (SSSR count). The minimum absolute atomic E-state index is 0.0722. The summed E-state index contributed by atoms with van der Waals surface area (Å²) in [7, 11) is 3.91. The molecule has 3 heterocycles. The van der Waals surface area contributed by atoms with E-state index in [1.54, 1.807) is 30.7 Å². The van der Waals surface area contributed by atoms with Gasteiger partial charge in [0, 0.05) is 39.3 Å². The lowest BCUT2D eigenvalue weighted by Gasteiger charge is -2.10. The number of nitrogens with one attached hydrogen (secondary N) is 3. The zero-order valence-corrected chi connectivity index (χ0v) is 33.9. The van der Waals surface area contributed by atoms with Gasteiger partial charge in [-0.15, -0.1) is 0 Å². The molecule has 0 spiro atoms. The number of nitrogens with zero attached hydrogens (tertiary/aromatic N) is 7. The number of rotatable bonds is 13. The summed E-state index contributed by atoms with van der Waals surface area (Å²) in [6, 6.07) is 46.7. The zero-order valence-electron chi connectivity index (χ0n) is 33.9. The summed E-state index contributed by atoms with van der Waals surface area (Å²) >= 11 is 0. The van der Waals surface area contributed by atoms with Gasteiger partial charge in [-0.3, -0.25) is 16.1 Å². The second-order valence-corrected chi connectivity index (χ2v) is 14.4. The third-order valence-electron chi connectivity index (χ3n) is 9.52. The molecule has 0 aliphatic heterocycles. The second kappa shape index (κ2) is 19.3. The van der Waals surface area contributed by atoms with Crippen LogP contribution in [0.15, 0.2) is 163 Å². The average molecular weight is 823 g/mol. The van der Waals surface area contributed by atoms with Crippen LogP contribution in [0.3, 0.4) is 0 Å². The van der Waals surface area contributed by atoms with E-state index in [9.17, 15) is 0 Å². The fourth-order valence-electron chi connectivity index (χ4n) is 6.35. The molecule has 3 aromatic heterocycles. The van der Waals surface area contributed by atoms with Crippen LogP contribution >= 0.6 is 0 Å². The topological polar surface area (TPSA) is 180 Å². The van der Waals surface area contributed by atoms with Crippen molar-refractivity contribution in [3.05, 3.63) is 181 Å². The van der Waals surface area contributed by atoms with E-state index in [0.29, 0.717) is 48.7 Å². The minimum Gasteiger partial charge on any atom is -0.489 e. The molecule has 308 valence electrons. The number of fused-ring (bicyclic) bond motifs is 2. The van der Waals surface area contributed by atoms with E-state index in [2.05, 4.69) is 35.4 Å². The molecular weight excluding hydrogens is 781 g/mol. The Labute approximate surface area is 357 Å². The lowest BCUT2D eigenvalue weighted by atomic mass is 10.1. The number of hydroxylamine groups is 1. The molecule has 0 bridgehead atoms. The van der Waals surface area contributed by atoms with Crippen molar-refractivity contribution in [3.63, 3.8) is 0 Å². The van der Waals surface area contributed by atoms with Gasteiger partial charge < -0.3 is 24.2 Å². The molecule has 0 unspecified atom stereocenters. The maximum atomic E-state index is 8.86. The van der Waals surface area contributed by atoms with Gasteiger partial charge in [0.25, 0.3) is 0 Å². The predicted octanol–water partition coefficient (Wildman–Crippen LogP) is 9.24. The highest BCUT2D eigenvalue weighted by molar-refractivity contribution is 5.99. The molecule has 0 amide bonds. The summed E-state index contributed by atoms with van der Waals surface area (Å²) in [4.78, 5) is 24.3. The van der Waals surface area contributed by atoms with E-state index in [0.717, 1.165) is 61.2 Å². The number of hydrogen-bond acceptors (Lipinski definition) is 13. The Balaban J connectivity index is 0.000000174. The molecule has 0 saturated heterocycles. The van der Waals surface area contributed by atoms with Crippen LogP contribution in [0, 0.1) is 5.41 Å². The number of amidine groups is 1. The summed E-state index contributed by atoms with van der Waals surface area (Å²) in [5.74, 6) is 3.93. The SMILES string of the molecule is CN(C)Cc1nc(-c2ccc3ncnc(Nc4ccc(OCc5ccccc5)cc4)c3c2)no1.N=C(NO)c1ccc2nc(-c3ccc(OCc4ccccc4)cc3)ncc2c1. The highest BCUT2D eigenvalue weighted by Crippen LogP contribution is 2.29. The Kier molecular flexibility index (Phi) is 12.7. The van der Waals surface area contributed by atoms with Crippen LogP contribution in [-0.4, -0.2) is 60.1 Å². The van der Waals surface area contributed by atoms with Crippen molar-refractivity contribution < 1.29 is 19.2 Å². The zero-order chi connectivity index (χ0) is 42.7. The third kappa shape index (κ3) is 10.4. The largest absolute Gasteiger partial charge is 0.489 e. The monoisotopic (exact) mass is 822 g/mol. The molecule has 0 atom stereocenters. The van der Waals surface area contributed by atoms with Gasteiger partial charge in [0.2, 0.25) is 11.7 Å². The van der Waals surface area contributed by atoms with E-state index in [4.69, 9.17) is 24.6 Å². The highest BCUT2D eigenvalue weighted by Gasteiger charge is 2.13. The number of benzene rings is 6. The molecule has 0 aliphatic rings. The number of hydrogen-bond donors (Lipinski definition) is 4. The minimum atomic E-state index is -0.0722. The lowest BCUT2D eigenvalue weighted by Crippen LogP contribution is -2.18. The summed E-state index contributed by atoms with van der Waals surface area (Å²) in [5.41, 5.74) is 8.86. The highest BCUT2D eigenvalue weighted by atomic mass is 16.5. The van der Waals surface area contributed by atoms with E-state index < -0.39 is 0 Å². The van der Waals surface area contributed by atoms with Crippen molar-refractivity contribution in [1.82, 2.24) is 40.5 Å². The Hall–Kier alpha value is -8.07. The Bertz CT molecular complexity index is 2890. The van der Waals surface area contributed by atoms with Gasteiger partial charge in [0.05, 0.1) is 17.6 Å². The summed E-state index contributed by atoms with van der Waals surface area (Å²) in [5, 5.41) is 25.6. The molecule has 0 fully saturated rings. The first-order valence-electron chi connectivity index (χ1n) is 19.7. The molecular formula is C48H42N10O4. The third-order valence-corrected chi connectivity index (χ3v) is 9.52. The molecule has 6 aromatic carbocycles. The van der Waals surface area contributed by atoms with Crippen molar-refractivity contribution in [2.45, 2.75) is 19.8 Å². The van der Waals surface area contributed by atoms with Crippen LogP contribution in [0.5, 0.6) is 11.5 Å². The van der Waals surface area contributed by atoms with Crippen LogP contribution in [0.4, 0.5) is 11.5 Å². The van der Waals surface area contributed by atoms with Crippen LogP contribution in [0.25, 0.3) is 44.6 Å². The standard InChI is InChI=1S/C26H24N6O2.C22H18N4O2/c1-32(2)15-24-30-25(31-34-24)19-8-13-23-22(14-19)26(28-17-27-23)29-20-9-11-21(12-10-20)33-16-18-6-4-3-5-7-18;23-21(26-27)17-8-11-20-18(12-17)13-24-22(25-20)16-6-9-19(10-7-16)28-14-15-4-2-1-3-5-15/h3-14,17H,15-16H2,1-2H3,(H,27,28,29);1-13,27H,14H2,(H2,23,26). The first kappa shape index (κ1) is 40.7. The maximum Gasteiger partial charge on any atom is 0.241 e. The molecule has 14 nitrogen and oxygen atoms in total. The van der Waals surface area contributed by atoms with Crippen molar-refractivity contribution in [2.24, 2.45) is 0 Å². The lowest BCUT2D eigenvalue weighted by molar-refractivity contribution is 0.234. The van der Waals surface area contributed by atoms with Crippen LogP contribution in [0.2, 0.25) is 0 Å². The van der Waals surface area contributed by atoms with Gasteiger partial charge in [-0.25, -0.2) is 19.9 Å². The molecule has 4 N–H and O–H groups in total. The number of anilines is 2. The quantitative estimate of drug-likeness (QED) is 0.0491. The smallest absolute Gasteiger partial charge is 0.241 e. The summed E-state index contributed by atoms with van der Waals surface area (Å²) in [6.07, 6.45) is 3.26. The van der Waals surface area contributed by atoms with Crippen molar-refractivity contribution >= 4 is 39.1 Å². The van der Waals surface area contributed by atoms with E-state index in [-0.39, 0.29) is 5.84 Å². The van der Waals surface area contributed by atoms with Crippen molar-refractivity contribution in [3.8, 4) is 34.3 Å². The van der Waals surface area contributed by atoms with Crippen LogP contribution in [-0.2, 0) is 19.8 Å². The Morgan fingerprint density at radius 2 is 1.32 bits per heavy atom. The molecule has 62 heavy (non-hydrogen) atoms. The second-order valence-electron chi connectivity index (χ2n) is 14.4. The molecule has 14 heteroatoms. The van der Waals surface area contributed by atoms with Gasteiger partial charge in [-0.05, 0) is 110 Å². The van der Waals surface area contributed by atoms with Gasteiger partial charge in [-0.2, -0.15) is 4.98 Å². The van der Waals surface area contributed by atoms with Gasteiger partial charge in [-0.1, -0.05) is 65.8 Å². The molecule has 0 radical (unpaired) electrons. The van der Waals surface area contributed by atoms with E-state index >= 15 is 0 Å². The molecule has 0 saturated carbocycles. The van der Waals surface area contributed by atoms with Gasteiger partial charge >= 0.3 is 0 Å². The number of aromatic nitrogens is 6. The maximum absolute atomic E-state index is 8.86. The fraction of sp³-hybridized carbons (Fsp3) is 0.104. The van der Waals surface area contributed by atoms with Crippen LogP contribution in [0.1, 0.15) is 22.6 Å². The number of ether oxygens (including phenoxy) is 2. The van der Waals surface area contributed by atoms with Crippen molar-refractivity contribution in [2.75, 3.05) is 19.4 Å². The normalized spacial score (nSPS) is 10.9. The average Bonchev–Trinajstić information content (AvgIpc) is 3.79. The van der Waals surface area contributed by atoms with Crippen molar-refractivity contribution in [1.29, 1.82) is 5.41 Å². The first-order chi connectivity index (χ1) is 30.4. The Morgan fingerprint density at radius 1 is 0.677 bits per heavy atom. The summed E-state index contributed by atoms with van der Waals surface area (Å²) < 4.78 is 17.1. The fourth-order valence-corrected chi connectivity index (χ4v) is 6.35. The van der Waals surface area contributed by atoms with Gasteiger partial charge in [0.1, 0.15) is 42.7 Å². The molecule has 0 aliphatic carbocycles. The van der Waals surface area contributed by atoms with E-state index in [1.165, 1.54) is 0 Å². The van der Waals surface area contributed by atoms with E-state index in [1.807, 2.05) is 152 Å². The Morgan fingerprint density at radius 3 is 1.98 bits per heavy atom.